The highest BCUT2D eigenvalue weighted by Crippen LogP contribution is 2.30. The Labute approximate surface area is 100 Å². The number of hydrogen-bond donors (Lipinski definition) is 2. The molecule has 0 aromatic rings. The SMILES string of the molecule is CC.CC(C)CN1CCC(CO)(CO)CC1. The van der Waals surface area contributed by atoms with E-state index in [1.807, 2.05) is 13.8 Å². The van der Waals surface area contributed by atoms with Crippen molar-refractivity contribution in [1.29, 1.82) is 0 Å². The lowest BCUT2D eigenvalue weighted by Crippen LogP contribution is -2.45. The standard InChI is InChI=1S/C11H23NO2.C2H6/c1-10(2)7-12-5-3-11(8-13,9-14)4-6-12;1-2/h10,13-14H,3-9H2,1-2H3;1-2H3. The van der Waals surface area contributed by atoms with Crippen molar-refractivity contribution in [2.75, 3.05) is 32.8 Å². The summed E-state index contributed by atoms with van der Waals surface area (Å²) >= 11 is 0. The first-order chi connectivity index (χ1) is 7.62. The van der Waals surface area contributed by atoms with E-state index in [1.54, 1.807) is 0 Å². The maximum atomic E-state index is 9.23. The van der Waals surface area contributed by atoms with Gasteiger partial charge in [0.25, 0.3) is 0 Å². The lowest BCUT2D eigenvalue weighted by Gasteiger charge is -2.40. The third-order valence-electron chi connectivity index (χ3n) is 3.21. The fraction of sp³-hybridized carbons (Fsp3) is 1.00. The van der Waals surface area contributed by atoms with E-state index in [0.717, 1.165) is 32.5 Å². The maximum Gasteiger partial charge on any atom is 0.0510 e. The van der Waals surface area contributed by atoms with Crippen LogP contribution in [0.3, 0.4) is 0 Å². The highest BCUT2D eigenvalue weighted by Gasteiger charge is 2.33. The second-order valence-electron chi connectivity index (χ2n) is 5.01. The summed E-state index contributed by atoms with van der Waals surface area (Å²) in [5.74, 6) is 0.700. The summed E-state index contributed by atoms with van der Waals surface area (Å²) in [6, 6.07) is 0. The van der Waals surface area contributed by atoms with Crippen molar-refractivity contribution < 1.29 is 10.2 Å². The monoisotopic (exact) mass is 231 g/mol. The number of rotatable bonds is 4. The number of nitrogens with zero attached hydrogens (tertiary/aromatic N) is 1. The number of aliphatic hydroxyl groups excluding tert-OH is 2. The molecular formula is C13H29NO2. The van der Waals surface area contributed by atoms with Crippen molar-refractivity contribution in [3.63, 3.8) is 0 Å². The van der Waals surface area contributed by atoms with Crippen LogP contribution in [-0.4, -0.2) is 48.0 Å². The topological polar surface area (TPSA) is 43.7 Å². The van der Waals surface area contributed by atoms with Gasteiger partial charge in [0.05, 0.1) is 13.2 Å². The van der Waals surface area contributed by atoms with Gasteiger partial charge in [-0.3, -0.25) is 0 Å². The number of likely N-dealkylation sites (tertiary alicyclic amines) is 1. The minimum absolute atomic E-state index is 0.124. The van der Waals surface area contributed by atoms with Gasteiger partial charge in [0.1, 0.15) is 0 Å². The van der Waals surface area contributed by atoms with Crippen LogP contribution in [0.5, 0.6) is 0 Å². The third-order valence-corrected chi connectivity index (χ3v) is 3.21. The summed E-state index contributed by atoms with van der Waals surface area (Å²) in [5.41, 5.74) is -0.201. The van der Waals surface area contributed by atoms with Crippen molar-refractivity contribution >= 4 is 0 Å². The van der Waals surface area contributed by atoms with E-state index in [0.29, 0.717) is 5.92 Å². The quantitative estimate of drug-likeness (QED) is 0.774. The first-order valence-corrected chi connectivity index (χ1v) is 6.56. The summed E-state index contributed by atoms with van der Waals surface area (Å²) in [4.78, 5) is 2.42. The molecule has 0 radical (unpaired) electrons. The van der Waals surface area contributed by atoms with E-state index in [4.69, 9.17) is 0 Å². The Kier molecular flexibility index (Phi) is 7.98. The molecule has 1 saturated heterocycles. The molecule has 1 aliphatic heterocycles. The van der Waals surface area contributed by atoms with E-state index < -0.39 is 0 Å². The molecule has 0 amide bonds. The molecule has 1 heterocycles. The molecule has 2 N–H and O–H groups in total. The largest absolute Gasteiger partial charge is 0.396 e. The van der Waals surface area contributed by atoms with Crippen LogP contribution in [-0.2, 0) is 0 Å². The van der Waals surface area contributed by atoms with Gasteiger partial charge in [-0.1, -0.05) is 27.7 Å². The number of hydrogen-bond acceptors (Lipinski definition) is 3. The second kappa shape index (κ2) is 8.04. The van der Waals surface area contributed by atoms with Gasteiger partial charge in [0.15, 0.2) is 0 Å². The Morgan fingerprint density at radius 3 is 1.81 bits per heavy atom. The van der Waals surface area contributed by atoms with E-state index >= 15 is 0 Å². The Morgan fingerprint density at radius 1 is 1.06 bits per heavy atom. The summed E-state index contributed by atoms with van der Waals surface area (Å²) < 4.78 is 0. The molecule has 0 unspecified atom stereocenters. The minimum Gasteiger partial charge on any atom is -0.396 e. The van der Waals surface area contributed by atoms with Crippen molar-refractivity contribution in [3.05, 3.63) is 0 Å². The third kappa shape index (κ3) is 4.81. The van der Waals surface area contributed by atoms with E-state index in [1.165, 1.54) is 0 Å². The molecule has 0 spiro atoms. The van der Waals surface area contributed by atoms with Gasteiger partial charge in [-0.2, -0.15) is 0 Å². The highest BCUT2D eigenvalue weighted by molar-refractivity contribution is 4.85. The smallest absolute Gasteiger partial charge is 0.0510 e. The first kappa shape index (κ1) is 15.9. The predicted octanol–water partition coefficient (Wildman–Crippen LogP) is 1.74. The Balaban J connectivity index is 0.00000106. The van der Waals surface area contributed by atoms with Gasteiger partial charge in [-0.25, -0.2) is 0 Å². The maximum absolute atomic E-state index is 9.23. The van der Waals surface area contributed by atoms with Crippen LogP contribution >= 0.6 is 0 Å². The summed E-state index contributed by atoms with van der Waals surface area (Å²) in [7, 11) is 0. The molecule has 1 aliphatic rings. The highest BCUT2D eigenvalue weighted by atomic mass is 16.3. The molecule has 0 aromatic carbocycles. The molecular weight excluding hydrogens is 202 g/mol. The van der Waals surface area contributed by atoms with Crippen LogP contribution in [0.25, 0.3) is 0 Å². The Morgan fingerprint density at radius 2 is 1.50 bits per heavy atom. The summed E-state index contributed by atoms with van der Waals surface area (Å²) in [6.07, 6.45) is 1.85. The average molecular weight is 231 g/mol. The van der Waals surface area contributed by atoms with Crippen LogP contribution in [0.1, 0.15) is 40.5 Å². The summed E-state index contributed by atoms with van der Waals surface area (Å²) in [5, 5.41) is 18.5. The van der Waals surface area contributed by atoms with E-state index in [9.17, 15) is 10.2 Å². The molecule has 1 fully saturated rings. The van der Waals surface area contributed by atoms with Gasteiger partial charge in [-0.15, -0.1) is 0 Å². The molecule has 0 saturated carbocycles. The zero-order valence-electron chi connectivity index (χ0n) is 11.4. The molecule has 1 rings (SSSR count). The van der Waals surface area contributed by atoms with Gasteiger partial charge in [-0.05, 0) is 31.8 Å². The van der Waals surface area contributed by atoms with E-state index in [2.05, 4.69) is 18.7 Å². The van der Waals surface area contributed by atoms with Crippen molar-refractivity contribution in [1.82, 2.24) is 4.90 Å². The molecule has 16 heavy (non-hydrogen) atoms. The Hall–Kier alpha value is -0.120. The fourth-order valence-corrected chi connectivity index (χ4v) is 2.09. The van der Waals surface area contributed by atoms with Crippen molar-refractivity contribution in [2.24, 2.45) is 11.3 Å². The fourth-order valence-electron chi connectivity index (χ4n) is 2.09. The van der Waals surface area contributed by atoms with Crippen LogP contribution in [0.4, 0.5) is 0 Å². The molecule has 3 heteroatoms. The Bertz CT molecular complexity index is 157. The molecule has 3 nitrogen and oxygen atoms in total. The molecule has 0 atom stereocenters. The first-order valence-electron chi connectivity index (χ1n) is 6.56. The normalized spacial score (nSPS) is 20.4. The molecule has 98 valence electrons. The minimum atomic E-state index is -0.201. The van der Waals surface area contributed by atoms with Crippen LogP contribution in [0.2, 0.25) is 0 Å². The molecule has 0 bridgehead atoms. The van der Waals surface area contributed by atoms with Gasteiger partial charge in [0, 0.05) is 12.0 Å². The van der Waals surface area contributed by atoms with Crippen molar-refractivity contribution in [2.45, 2.75) is 40.5 Å². The second-order valence-corrected chi connectivity index (χ2v) is 5.01. The van der Waals surface area contributed by atoms with E-state index in [-0.39, 0.29) is 18.6 Å². The van der Waals surface area contributed by atoms with Gasteiger partial charge in [0.2, 0.25) is 0 Å². The van der Waals surface area contributed by atoms with Crippen LogP contribution in [0, 0.1) is 11.3 Å². The predicted molar refractivity (Wildman–Crippen MR) is 68.5 cm³/mol. The summed E-state index contributed by atoms with van der Waals surface area (Å²) in [6.45, 7) is 11.9. The zero-order chi connectivity index (χ0) is 12.6. The lowest BCUT2D eigenvalue weighted by atomic mass is 9.80. The zero-order valence-corrected chi connectivity index (χ0v) is 11.4. The number of piperidine rings is 1. The van der Waals surface area contributed by atoms with Crippen LogP contribution in [0.15, 0.2) is 0 Å². The van der Waals surface area contributed by atoms with Crippen molar-refractivity contribution in [3.8, 4) is 0 Å². The molecule has 0 aromatic heterocycles. The average Bonchev–Trinajstić information content (AvgIpc) is 2.32. The van der Waals surface area contributed by atoms with Crippen LogP contribution < -0.4 is 0 Å². The lowest BCUT2D eigenvalue weighted by molar-refractivity contribution is -0.00354. The number of aliphatic hydroxyl groups is 2. The van der Waals surface area contributed by atoms with Gasteiger partial charge < -0.3 is 15.1 Å². The van der Waals surface area contributed by atoms with Gasteiger partial charge >= 0.3 is 0 Å². The molecule has 0 aliphatic carbocycles.